The van der Waals surface area contributed by atoms with Gasteiger partial charge in [0.1, 0.15) is 5.75 Å². The molecule has 0 bridgehead atoms. The number of hydrogen-bond acceptors (Lipinski definition) is 4. The van der Waals surface area contributed by atoms with Crippen molar-refractivity contribution in [2.45, 2.75) is 44.9 Å². The van der Waals surface area contributed by atoms with E-state index in [0.29, 0.717) is 49.4 Å². The largest absolute Gasteiger partial charge is 0.495 e. The van der Waals surface area contributed by atoms with Crippen LogP contribution in [0.15, 0.2) is 18.2 Å². The van der Waals surface area contributed by atoms with Crippen LogP contribution < -0.4 is 15.0 Å². The summed E-state index contributed by atoms with van der Waals surface area (Å²) in [5.74, 6) is -1.11. The molecule has 146 valence electrons. The topological polar surface area (TPSA) is 95.9 Å². The first-order valence-corrected chi connectivity index (χ1v) is 9.51. The number of piperidine rings is 1. The third kappa shape index (κ3) is 4.40. The number of methoxy groups -OCH3 is 1. The number of carbonyl (C=O) groups excluding carboxylic acids is 2. The van der Waals surface area contributed by atoms with Crippen molar-refractivity contribution in [1.82, 2.24) is 0 Å². The zero-order chi connectivity index (χ0) is 19.4. The maximum atomic E-state index is 12.6. The van der Waals surface area contributed by atoms with E-state index in [-0.39, 0.29) is 17.7 Å². The Bertz CT molecular complexity index is 733. The van der Waals surface area contributed by atoms with Gasteiger partial charge in [-0.15, -0.1) is 0 Å². The molecule has 7 heteroatoms. The quantitative estimate of drug-likeness (QED) is 0.826. The van der Waals surface area contributed by atoms with Crippen LogP contribution in [-0.2, 0) is 14.4 Å². The SMILES string of the molecule is COc1ccc(NC(=O)C2CCCC(C(=O)O)C2)cc1N1CCCCC1=O. The van der Waals surface area contributed by atoms with E-state index in [2.05, 4.69) is 5.32 Å². The zero-order valence-corrected chi connectivity index (χ0v) is 15.6. The second-order valence-electron chi connectivity index (χ2n) is 7.28. The monoisotopic (exact) mass is 374 g/mol. The van der Waals surface area contributed by atoms with Gasteiger partial charge in [0.2, 0.25) is 11.8 Å². The summed E-state index contributed by atoms with van der Waals surface area (Å²) in [5.41, 5.74) is 1.25. The molecule has 1 saturated heterocycles. The third-order valence-electron chi connectivity index (χ3n) is 5.45. The van der Waals surface area contributed by atoms with Gasteiger partial charge in [0.05, 0.1) is 18.7 Å². The Labute approximate surface area is 158 Å². The van der Waals surface area contributed by atoms with Gasteiger partial charge in [-0.3, -0.25) is 14.4 Å². The number of carbonyl (C=O) groups is 3. The standard InChI is InChI=1S/C20H26N2O5/c1-27-17-9-8-15(12-16(17)22-10-3-2-7-18(22)23)21-19(24)13-5-4-6-14(11-13)20(25)26/h8-9,12-14H,2-7,10-11H2,1H3,(H,21,24)(H,25,26). The number of carboxylic acids is 1. The molecule has 7 nitrogen and oxygen atoms in total. The molecule has 1 aromatic rings. The Hall–Kier alpha value is -2.57. The van der Waals surface area contributed by atoms with Crippen molar-refractivity contribution in [1.29, 1.82) is 0 Å². The van der Waals surface area contributed by atoms with E-state index in [4.69, 9.17) is 4.74 Å². The molecule has 0 spiro atoms. The molecule has 2 unspecified atom stereocenters. The molecule has 1 aliphatic carbocycles. The first-order chi connectivity index (χ1) is 13.0. The van der Waals surface area contributed by atoms with E-state index in [1.807, 2.05) is 0 Å². The fraction of sp³-hybridized carbons (Fsp3) is 0.550. The average Bonchev–Trinajstić information content (AvgIpc) is 2.68. The minimum atomic E-state index is -0.831. The van der Waals surface area contributed by atoms with Crippen molar-refractivity contribution < 1.29 is 24.2 Å². The van der Waals surface area contributed by atoms with Gasteiger partial charge in [-0.1, -0.05) is 6.42 Å². The second-order valence-corrected chi connectivity index (χ2v) is 7.28. The van der Waals surface area contributed by atoms with Crippen LogP contribution in [0.1, 0.15) is 44.9 Å². The number of hydrogen-bond donors (Lipinski definition) is 2. The van der Waals surface area contributed by atoms with E-state index in [0.717, 1.165) is 19.3 Å². The number of anilines is 2. The number of nitrogens with one attached hydrogen (secondary N) is 1. The highest BCUT2D eigenvalue weighted by Crippen LogP contribution is 2.35. The molecule has 0 radical (unpaired) electrons. The smallest absolute Gasteiger partial charge is 0.306 e. The van der Waals surface area contributed by atoms with Gasteiger partial charge in [-0.25, -0.2) is 0 Å². The molecule has 1 aromatic carbocycles. The number of carboxylic acid groups (broad SMARTS) is 1. The van der Waals surface area contributed by atoms with Crippen molar-refractivity contribution in [2.24, 2.45) is 11.8 Å². The Morgan fingerprint density at radius 3 is 2.67 bits per heavy atom. The van der Waals surface area contributed by atoms with E-state index in [9.17, 15) is 19.5 Å². The van der Waals surface area contributed by atoms with Crippen LogP contribution in [0.4, 0.5) is 11.4 Å². The van der Waals surface area contributed by atoms with Crippen LogP contribution in [-0.4, -0.2) is 36.5 Å². The van der Waals surface area contributed by atoms with E-state index in [1.165, 1.54) is 0 Å². The van der Waals surface area contributed by atoms with Crippen LogP contribution in [0.3, 0.4) is 0 Å². The number of amides is 2. The zero-order valence-electron chi connectivity index (χ0n) is 15.6. The lowest BCUT2D eigenvalue weighted by molar-refractivity contribution is -0.143. The van der Waals surface area contributed by atoms with Crippen molar-refractivity contribution in [3.63, 3.8) is 0 Å². The van der Waals surface area contributed by atoms with Gasteiger partial charge in [0.15, 0.2) is 0 Å². The van der Waals surface area contributed by atoms with Crippen LogP contribution in [0, 0.1) is 11.8 Å². The summed E-state index contributed by atoms with van der Waals surface area (Å²) in [4.78, 5) is 37.8. The maximum absolute atomic E-state index is 12.6. The predicted octanol–water partition coefficient (Wildman–Crippen LogP) is 3.04. The second kappa shape index (κ2) is 8.41. The normalized spacial score (nSPS) is 23.0. The number of ether oxygens (including phenoxy) is 1. The fourth-order valence-electron chi connectivity index (χ4n) is 3.94. The summed E-state index contributed by atoms with van der Waals surface area (Å²) in [5, 5.41) is 12.1. The maximum Gasteiger partial charge on any atom is 0.306 e. The van der Waals surface area contributed by atoms with Crippen LogP contribution in [0.25, 0.3) is 0 Å². The number of aliphatic carboxylic acids is 1. The summed E-state index contributed by atoms with van der Waals surface area (Å²) in [6.45, 7) is 0.634. The van der Waals surface area contributed by atoms with E-state index < -0.39 is 11.9 Å². The van der Waals surface area contributed by atoms with Crippen LogP contribution in [0.2, 0.25) is 0 Å². The molecule has 2 atom stereocenters. The number of rotatable bonds is 5. The molecule has 1 heterocycles. The highest BCUT2D eigenvalue weighted by atomic mass is 16.5. The molecule has 2 aliphatic rings. The molecule has 2 amide bonds. The predicted molar refractivity (Wildman–Crippen MR) is 101 cm³/mol. The molecule has 0 aromatic heterocycles. The Morgan fingerprint density at radius 2 is 1.96 bits per heavy atom. The van der Waals surface area contributed by atoms with Crippen molar-refractivity contribution in [3.05, 3.63) is 18.2 Å². The van der Waals surface area contributed by atoms with E-state index >= 15 is 0 Å². The molecule has 2 N–H and O–H groups in total. The fourth-order valence-corrected chi connectivity index (χ4v) is 3.94. The van der Waals surface area contributed by atoms with Gasteiger partial charge < -0.3 is 20.1 Å². The lowest BCUT2D eigenvalue weighted by Gasteiger charge is -2.29. The first-order valence-electron chi connectivity index (χ1n) is 9.51. The minimum Gasteiger partial charge on any atom is -0.495 e. The summed E-state index contributed by atoms with van der Waals surface area (Å²) < 4.78 is 5.39. The van der Waals surface area contributed by atoms with Gasteiger partial charge in [0.25, 0.3) is 0 Å². The lowest BCUT2D eigenvalue weighted by atomic mass is 9.81. The van der Waals surface area contributed by atoms with Gasteiger partial charge in [-0.2, -0.15) is 0 Å². The van der Waals surface area contributed by atoms with Crippen molar-refractivity contribution >= 4 is 29.2 Å². The van der Waals surface area contributed by atoms with E-state index in [1.54, 1.807) is 30.2 Å². The highest BCUT2D eigenvalue weighted by Gasteiger charge is 2.31. The van der Waals surface area contributed by atoms with Crippen LogP contribution >= 0.6 is 0 Å². The molecule has 27 heavy (non-hydrogen) atoms. The van der Waals surface area contributed by atoms with Crippen molar-refractivity contribution in [2.75, 3.05) is 23.9 Å². The summed E-state index contributed by atoms with van der Waals surface area (Å²) in [7, 11) is 1.56. The minimum absolute atomic E-state index is 0.0552. The third-order valence-corrected chi connectivity index (χ3v) is 5.45. The summed E-state index contributed by atoms with van der Waals surface area (Å²) in [6, 6.07) is 5.25. The molecule has 3 rings (SSSR count). The Kier molecular flexibility index (Phi) is 5.98. The summed E-state index contributed by atoms with van der Waals surface area (Å²) in [6.07, 6.45) is 4.77. The molecule has 1 aliphatic heterocycles. The average molecular weight is 374 g/mol. The van der Waals surface area contributed by atoms with Gasteiger partial charge in [-0.05, 0) is 50.3 Å². The number of nitrogens with zero attached hydrogens (tertiary/aromatic N) is 1. The Morgan fingerprint density at radius 1 is 1.19 bits per heavy atom. The molecule has 1 saturated carbocycles. The molecule has 2 fully saturated rings. The van der Waals surface area contributed by atoms with Gasteiger partial charge in [0, 0.05) is 24.6 Å². The Balaban J connectivity index is 1.75. The van der Waals surface area contributed by atoms with Crippen LogP contribution in [0.5, 0.6) is 5.75 Å². The lowest BCUT2D eigenvalue weighted by Crippen LogP contribution is -2.35. The first kappa shape index (κ1) is 19.2. The number of benzene rings is 1. The van der Waals surface area contributed by atoms with Crippen molar-refractivity contribution in [3.8, 4) is 5.75 Å². The molecular formula is C20H26N2O5. The molecular weight excluding hydrogens is 348 g/mol. The van der Waals surface area contributed by atoms with Gasteiger partial charge >= 0.3 is 5.97 Å². The summed E-state index contributed by atoms with van der Waals surface area (Å²) >= 11 is 0. The highest BCUT2D eigenvalue weighted by molar-refractivity contribution is 5.98.